The van der Waals surface area contributed by atoms with Crippen molar-refractivity contribution in [3.05, 3.63) is 28.1 Å². The minimum absolute atomic E-state index is 0.0531. The number of piperidine rings is 1. The molecule has 0 spiro atoms. The zero-order valence-corrected chi connectivity index (χ0v) is 10.9. The van der Waals surface area contributed by atoms with Crippen LogP contribution in [-0.2, 0) is 7.05 Å². The zero-order valence-electron chi connectivity index (χ0n) is 10.9. The lowest BCUT2D eigenvalue weighted by Crippen LogP contribution is -2.40. The number of aryl methyl sites for hydroxylation is 1. The van der Waals surface area contributed by atoms with E-state index in [1.165, 1.54) is 16.8 Å². The van der Waals surface area contributed by atoms with Crippen molar-refractivity contribution in [1.82, 2.24) is 9.47 Å². The van der Waals surface area contributed by atoms with Crippen LogP contribution in [0.1, 0.15) is 23.3 Å². The van der Waals surface area contributed by atoms with Crippen LogP contribution in [0.25, 0.3) is 0 Å². The van der Waals surface area contributed by atoms with Crippen LogP contribution < -0.4 is 5.73 Å². The Bertz CT molecular complexity index is 489. The van der Waals surface area contributed by atoms with Gasteiger partial charge in [-0.05, 0) is 25.3 Å². The van der Waals surface area contributed by atoms with Gasteiger partial charge in [-0.2, -0.15) is 0 Å². The van der Waals surface area contributed by atoms with Crippen LogP contribution >= 0.6 is 0 Å². The highest BCUT2D eigenvalue weighted by Crippen LogP contribution is 2.21. The number of hydrogen-bond acceptors (Lipinski definition) is 4. The molecule has 0 bridgehead atoms. The van der Waals surface area contributed by atoms with E-state index in [1.807, 2.05) is 0 Å². The maximum absolute atomic E-state index is 12.3. The van der Waals surface area contributed by atoms with Crippen LogP contribution in [0.15, 0.2) is 12.3 Å². The molecule has 2 N–H and O–H groups in total. The van der Waals surface area contributed by atoms with E-state index >= 15 is 0 Å². The van der Waals surface area contributed by atoms with Gasteiger partial charge in [0, 0.05) is 26.2 Å². The lowest BCUT2D eigenvalue weighted by Gasteiger charge is -2.31. The van der Waals surface area contributed by atoms with Gasteiger partial charge < -0.3 is 15.2 Å². The molecule has 0 aliphatic carbocycles. The average Bonchev–Trinajstić information content (AvgIpc) is 2.80. The Morgan fingerprint density at radius 1 is 1.53 bits per heavy atom. The fraction of sp³-hybridized carbons (Fsp3) is 0.583. The van der Waals surface area contributed by atoms with Gasteiger partial charge in [0.25, 0.3) is 11.6 Å². The molecule has 0 unspecified atom stereocenters. The van der Waals surface area contributed by atoms with E-state index in [9.17, 15) is 14.9 Å². The van der Waals surface area contributed by atoms with Crippen LogP contribution in [0.5, 0.6) is 0 Å². The van der Waals surface area contributed by atoms with Gasteiger partial charge >= 0.3 is 0 Å². The van der Waals surface area contributed by atoms with E-state index in [0.29, 0.717) is 31.2 Å². The minimum atomic E-state index is -0.489. The van der Waals surface area contributed by atoms with E-state index in [4.69, 9.17) is 5.73 Å². The molecule has 0 saturated carbocycles. The Balaban J connectivity index is 2.10. The van der Waals surface area contributed by atoms with Gasteiger partial charge in [0.05, 0.1) is 11.1 Å². The summed E-state index contributed by atoms with van der Waals surface area (Å²) < 4.78 is 1.51. The molecule has 19 heavy (non-hydrogen) atoms. The van der Waals surface area contributed by atoms with Gasteiger partial charge in [0.2, 0.25) is 0 Å². The van der Waals surface area contributed by atoms with Gasteiger partial charge in [0.15, 0.2) is 0 Å². The van der Waals surface area contributed by atoms with E-state index in [-0.39, 0.29) is 11.6 Å². The number of nitro groups is 1. The van der Waals surface area contributed by atoms with Crippen LogP contribution in [0.4, 0.5) is 5.69 Å². The Labute approximate surface area is 111 Å². The normalized spacial score (nSPS) is 16.6. The highest BCUT2D eigenvalue weighted by Gasteiger charge is 2.26. The first-order valence-corrected chi connectivity index (χ1v) is 6.33. The van der Waals surface area contributed by atoms with Crippen LogP contribution in [0, 0.1) is 16.0 Å². The lowest BCUT2D eigenvalue weighted by molar-refractivity contribution is -0.384. The maximum atomic E-state index is 12.3. The summed E-state index contributed by atoms with van der Waals surface area (Å²) in [5.74, 6) is 0.331. The van der Waals surface area contributed by atoms with Crippen molar-refractivity contribution in [2.75, 3.05) is 19.6 Å². The summed E-state index contributed by atoms with van der Waals surface area (Å²) in [6, 6.07) is 1.33. The number of amides is 1. The number of hydrogen-bond donors (Lipinski definition) is 1. The predicted octanol–water partition coefficient (Wildman–Crippen LogP) is 0.744. The molecule has 1 amide bonds. The molecule has 1 aromatic rings. The van der Waals surface area contributed by atoms with Gasteiger partial charge in [0.1, 0.15) is 5.69 Å². The molecule has 7 heteroatoms. The topological polar surface area (TPSA) is 94.4 Å². The summed E-state index contributed by atoms with van der Waals surface area (Å²) in [7, 11) is 1.65. The van der Waals surface area contributed by atoms with E-state index in [2.05, 4.69) is 0 Å². The van der Waals surface area contributed by atoms with Gasteiger partial charge in [-0.25, -0.2) is 0 Å². The third-order valence-corrected chi connectivity index (χ3v) is 3.66. The molecule has 1 aliphatic rings. The molecule has 2 rings (SSSR count). The molecular formula is C12H18N4O3. The fourth-order valence-corrected chi connectivity index (χ4v) is 2.39. The molecule has 0 radical (unpaired) electrons. The molecule has 1 fully saturated rings. The monoisotopic (exact) mass is 266 g/mol. The van der Waals surface area contributed by atoms with Crippen molar-refractivity contribution in [2.45, 2.75) is 12.8 Å². The van der Waals surface area contributed by atoms with Crippen LogP contribution in [0.2, 0.25) is 0 Å². The van der Waals surface area contributed by atoms with Gasteiger partial charge in [-0.15, -0.1) is 0 Å². The highest BCUT2D eigenvalue weighted by molar-refractivity contribution is 5.93. The summed E-state index contributed by atoms with van der Waals surface area (Å²) in [4.78, 5) is 24.3. The van der Waals surface area contributed by atoms with Crippen molar-refractivity contribution in [3.8, 4) is 0 Å². The Hall–Kier alpha value is -1.89. The standard InChI is InChI=1S/C12H18N4O3/c1-14-8-10(16(18)19)6-11(14)12(17)15-4-2-9(7-13)3-5-15/h6,8-9H,2-5,7,13H2,1H3. The lowest BCUT2D eigenvalue weighted by atomic mass is 9.97. The number of carbonyl (C=O) groups is 1. The number of likely N-dealkylation sites (tertiary alicyclic amines) is 1. The van der Waals surface area contributed by atoms with E-state index in [0.717, 1.165) is 12.8 Å². The summed E-state index contributed by atoms with van der Waals surface area (Å²) in [6.45, 7) is 1.98. The van der Waals surface area contributed by atoms with Gasteiger partial charge in [-0.3, -0.25) is 14.9 Å². The average molecular weight is 266 g/mol. The molecule has 1 aliphatic heterocycles. The Morgan fingerprint density at radius 2 is 2.16 bits per heavy atom. The number of carbonyl (C=O) groups excluding carboxylic acids is 1. The third-order valence-electron chi connectivity index (χ3n) is 3.66. The van der Waals surface area contributed by atoms with Gasteiger partial charge in [-0.1, -0.05) is 0 Å². The summed E-state index contributed by atoms with van der Waals surface area (Å²) in [6.07, 6.45) is 3.16. The quantitative estimate of drug-likeness (QED) is 0.645. The smallest absolute Gasteiger partial charge is 0.287 e. The van der Waals surface area contributed by atoms with Crippen LogP contribution in [0.3, 0.4) is 0 Å². The second-order valence-corrected chi connectivity index (χ2v) is 4.92. The number of nitrogens with two attached hydrogens (primary N) is 1. The third kappa shape index (κ3) is 2.76. The SMILES string of the molecule is Cn1cc([N+](=O)[O-])cc1C(=O)N1CCC(CN)CC1. The van der Waals surface area contributed by atoms with Crippen LogP contribution in [-0.4, -0.2) is 39.9 Å². The second-order valence-electron chi connectivity index (χ2n) is 4.92. The summed E-state index contributed by atoms with van der Waals surface area (Å²) in [5, 5.41) is 10.7. The largest absolute Gasteiger partial charge is 0.340 e. The number of aromatic nitrogens is 1. The maximum Gasteiger partial charge on any atom is 0.287 e. The molecule has 0 atom stereocenters. The fourth-order valence-electron chi connectivity index (χ4n) is 2.39. The Kier molecular flexibility index (Phi) is 3.84. The number of rotatable bonds is 3. The molecule has 104 valence electrons. The molecule has 1 saturated heterocycles. The number of nitrogens with zero attached hydrogens (tertiary/aromatic N) is 3. The molecule has 1 aromatic heterocycles. The van der Waals surface area contributed by atoms with Crippen molar-refractivity contribution in [2.24, 2.45) is 18.7 Å². The van der Waals surface area contributed by atoms with Crippen molar-refractivity contribution in [1.29, 1.82) is 0 Å². The second kappa shape index (κ2) is 5.40. The highest BCUT2D eigenvalue weighted by atomic mass is 16.6. The molecule has 7 nitrogen and oxygen atoms in total. The minimum Gasteiger partial charge on any atom is -0.340 e. The molecular weight excluding hydrogens is 248 g/mol. The first-order valence-electron chi connectivity index (χ1n) is 6.33. The van der Waals surface area contributed by atoms with E-state index in [1.54, 1.807) is 11.9 Å². The first kappa shape index (κ1) is 13.5. The zero-order chi connectivity index (χ0) is 14.0. The summed E-state index contributed by atoms with van der Waals surface area (Å²) in [5.41, 5.74) is 5.92. The summed E-state index contributed by atoms with van der Waals surface area (Å²) >= 11 is 0. The Morgan fingerprint density at radius 3 is 2.63 bits per heavy atom. The van der Waals surface area contributed by atoms with Crippen molar-refractivity contribution < 1.29 is 9.72 Å². The van der Waals surface area contributed by atoms with Crippen molar-refractivity contribution >= 4 is 11.6 Å². The van der Waals surface area contributed by atoms with Crippen molar-refractivity contribution in [3.63, 3.8) is 0 Å². The molecule has 0 aromatic carbocycles. The van der Waals surface area contributed by atoms with E-state index < -0.39 is 4.92 Å². The predicted molar refractivity (Wildman–Crippen MR) is 69.7 cm³/mol. The molecule has 2 heterocycles. The first-order chi connectivity index (χ1) is 9.02.